The molecule has 2 heterocycles. The normalized spacial score (nSPS) is 18.1. The van der Waals surface area contributed by atoms with Crippen molar-refractivity contribution in [3.63, 3.8) is 0 Å². The molecule has 1 aliphatic heterocycles. The number of hydrogen-bond donors (Lipinski definition) is 0. The highest BCUT2D eigenvalue weighted by Gasteiger charge is 2.33. The van der Waals surface area contributed by atoms with Crippen LogP contribution in [0.1, 0.15) is 49.9 Å². The summed E-state index contributed by atoms with van der Waals surface area (Å²) in [5.74, 6) is -0.0417. The molecule has 0 spiro atoms. The van der Waals surface area contributed by atoms with Crippen LogP contribution in [0.25, 0.3) is 0 Å². The van der Waals surface area contributed by atoms with Crippen molar-refractivity contribution in [2.45, 2.75) is 39.5 Å². The van der Waals surface area contributed by atoms with E-state index in [0.29, 0.717) is 16.1 Å². The van der Waals surface area contributed by atoms with Gasteiger partial charge in [-0.1, -0.05) is 49.9 Å². The summed E-state index contributed by atoms with van der Waals surface area (Å²) in [6.45, 7) is 6.06. The van der Waals surface area contributed by atoms with E-state index in [0.717, 1.165) is 25.9 Å². The van der Waals surface area contributed by atoms with Crippen molar-refractivity contribution in [1.29, 1.82) is 0 Å². The van der Waals surface area contributed by atoms with Crippen molar-refractivity contribution in [3.05, 3.63) is 28.0 Å². The zero-order chi connectivity index (χ0) is 14.8. The fourth-order valence-electron chi connectivity index (χ4n) is 2.88. The first-order chi connectivity index (χ1) is 9.51. The number of pyridine rings is 1. The molecule has 5 heteroatoms. The minimum Gasteiger partial charge on any atom is -0.339 e. The third-order valence-corrected chi connectivity index (χ3v) is 5.16. The average Bonchev–Trinajstić information content (AvgIpc) is 2.47. The predicted molar refractivity (Wildman–Crippen MR) is 82.4 cm³/mol. The Morgan fingerprint density at radius 3 is 2.35 bits per heavy atom. The number of halogens is 2. The van der Waals surface area contributed by atoms with Crippen molar-refractivity contribution in [2.75, 3.05) is 13.1 Å². The Kier molecular flexibility index (Phi) is 4.92. The summed E-state index contributed by atoms with van der Waals surface area (Å²) < 4.78 is 0. The predicted octanol–water partition coefficient (Wildman–Crippen LogP) is 4.43. The monoisotopic (exact) mass is 314 g/mol. The largest absolute Gasteiger partial charge is 0.339 e. The number of hydrogen-bond acceptors (Lipinski definition) is 2. The lowest BCUT2D eigenvalue weighted by molar-refractivity contribution is 0.0557. The van der Waals surface area contributed by atoms with E-state index in [1.165, 1.54) is 12.8 Å². The maximum absolute atomic E-state index is 12.5. The van der Waals surface area contributed by atoms with Gasteiger partial charge >= 0.3 is 0 Å². The van der Waals surface area contributed by atoms with E-state index < -0.39 is 0 Å². The number of nitrogens with zero attached hydrogens (tertiary/aromatic N) is 2. The van der Waals surface area contributed by atoms with Crippen LogP contribution < -0.4 is 0 Å². The van der Waals surface area contributed by atoms with E-state index in [-0.39, 0.29) is 11.1 Å². The quantitative estimate of drug-likeness (QED) is 0.773. The Hall–Kier alpha value is -0.800. The molecule has 3 nitrogen and oxygen atoms in total. The molecule has 0 unspecified atom stereocenters. The fourth-order valence-corrected chi connectivity index (χ4v) is 3.31. The zero-order valence-electron chi connectivity index (χ0n) is 12.0. The van der Waals surface area contributed by atoms with Crippen LogP contribution in [0.3, 0.4) is 0 Å². The van der Waals surface area contributed by atoms with Gasteiger partial charge in [0.05, 0.1) is 5.56 Å². The molecule has 1 aliphatic rings. The molecular weight excluding hydrogens is 295 g/mol. The SMILES string of the molecule is CCC1(CC)CCN(C(=O)c2ccc(Cl)nc2Cl)CC1. The molecule has 1 fully saturated rings. The van der Waals surface area contributed by atoms with Crippen molar-refractivity contribution in [3.8, 4) is 0 Å². The molecule has 0 atom stereocenters. The van der Waals surface area contributed by atoms with Gasteiger partial charge in [-0.05, 0) is 30.4 Å². The summed E-state index contributed by atoms with van der Waals surface area (Å²) in [5.41, 5.74) is 0.843. The minimum atomic E-state index is -0.0417. The van der Waals surface area contributed by atoms with Crippen LogP contribution in [0, 0.1) is 5.41 Å². The molecule has 0 aromatic carbocycles. The van der Waals surface area contributed by atoms with Gasteiger partial charge in [0, 0.05) is 13.1 Å². The number of rotatable bonds is 3. The summed E-state index contributed by atoms with van der Waals surface area (Å²) in [7, 11) is 0. The standard InChI is InChI=1S/C15H20Cl2N2O/c1-3-15(4-2)7-9-19(10-8-15)14(20)11-5-6-12(16)18-13(11)17/h5-6H,3-4,7-10H2,1-2H3. The molecule has 20 heavy (non-hydrogen) atoms. The van der Waals surface area contributed by atoms with Crippen LogP contribution in [0.15, 0.2) is 12.1 Å². The van der Waals surface area contributed by atoms with E-state index in [1.54, 1.807) is 12.1 Å². The highest BCUT2D eigenvalue weighted by atomic mass is 35.5. The van der Waals surface area contributed by atoms with Gasteiger partial charge in [-0.3, -0.25) is 4.79 Å². The summed E-state index contributed by atoms with van der Waals surface area (Å²) in [5, 5.41) is 0.492. The molecular formula is C15H20Cl2N2O. The summed E-state index contributed by atoms with van der Waals surface area (Å²) in [6, 6.07) is 3.26. The van der Waals surface area contributed by atoms with E-state index in [2.05, 4.69) is 18.8 Å². The van der Waals surface area contributed by atoms with Gasteiger partial charge in [0.2, 0.25) is 0 Å². The van der Waals surface area contributed by atoms with E-state index in [1.807, 2.05) is 4.90 Å². The molecule has 110 valence electrons. The van der Waals surface area contributed by atoms with Crippen LogP contribution in [-0.2, 0) is 0 Å². The molecule has 2 rings (SSSR count). The molecule has 0 bridgehead atoms. The maximum atomic E-state index is 12.5. The van der Waals surface area contributed by atoms with E-state index in [9.17, 15) is 4.79 Å². The third-order valence-electron chi connectivity index (χ3n) is 4.66. The Labute approximate surface area is 130 Å². The Balaban J connectivity index is 2.09. The first kappa shape index (κ1) is 15.6. The van der Waals surface area contributed by atoms with Gasteiger partial charge in [-0.2, -0.15) is 0 Å². The topological polar surface area (TPSA) is 33.2 Å². The number of carbonyl (C=O) groups excluding carboxylic acids is 1. The van der Waals surface area contributed by atoms with E-state index in [4.69, 9.17) is 23.2 Å². The van der Waals surface area contributed by atoms with Gasteiger partial charge in [-0.15, -0.1) is 0 Å². The van der Waals surface area contributed by atoms with E-state index >= 15 is 0 Å². The molecule has 1 aromatic rings. The first-order valence-electron chi connectivity index (χ1n) is 7.12. The molecule has 1 saturated heterocycles. The van der Waals surface area contributed by atoms with Gasteiger partial charge in [0.25, 0.3) is 5.91 Å². The Morgan fingerprint density at radius 2 is 1.85 bits per heavy atom. The highest BCUT2D eigenvalue weighted by molar-refractivity contribution is 6.34. The molecule has 1 aromatic heterocycles. The average molecular weight is 315 g/mol. The second kappa shape index (κ2) is 6.31. The third kappa shape index (κ3) is 3.09. The number of amides is 1. The van der Waals surface area contributed by atoms with Crippen LogP contribution in [0.2, 0.25) is 10.3 Å². The second-order valence-corrected chi connectivity index (χ2v) is 6.22. The van der Waals surface area contributed by atoms with Crippen molar-refractivity contribution < 1.29 is 4.79 Å². The number of aromatic nitrogens is 1. The lowest BCUT2D eigenvalue weighted by atomic mass is 9.74. The van der Waals surface area contributed by atoms with Crippen molar-refractivity contribution in [2.24, 2.45) is 5.41 Å². The summed E-state index contributed by atoms with van der Waals surface area (Å²) in [4.78, 5) is 18.3. The van der Waals surface area contributed by atoms with Gasteiger partial charge < -0.3 is 4.90 Å². The molecule has 1 amide bonds. The zero-order valence-corrected chi connectivity index (χ0v) is 13.5. The summed E-state index contributed by atoms with van der Waals surface area (Å²) >= 11 is 11.8. The van der Waals surface area contributed by atoms with Gasteiger partial charge in [0.1, 0.15) is 10.3 Å². The number of carbonyl (C=O) groups is 1. The molecule has 0 N–H and O–H groups in total. The lowest BCUT2D eigenvalue weighted by Gasteiger charge is -2.41. The second-order valence-electron chi connectivity index (χ2n) is 5.47. The molecule has 0 aliphatic carbocycles. The minimum absolute atomic E-state index is 0.0417. The first-order valence-corrected chi connectivity index (χ1v) is 7.88. The molecule has 0 radical (unpaired) electrons. The van der Waals surface area contributed by atoms with Crippen LogP contribution in [0.5, 0.6) is 0 Å². The van der Waals surface area contributed by atoms with Crippen molar-refractivity contribution in [1.82, 2.24) is 9.88 Å². The van der Waals surface area contributed by atoms with Crippen molar-refractivity contribution >= 4 is 29.1 Å². The van der Waals surface area contributed by atoms with Gasteiger partial charge in [0.15, 0.2) is 0 Å². The van der Waals surface area contributed by atoms with Crippen LogP contribution in [-0.4, -0.2) is 28.9 Å². The Morgan fingerprint density at radius 1 is 1.25 bits per heavy atom. The molecule has 0 saturated carbocycles. The Bertz CT molecular complexity index is 491. The number of likely N-dealkylation sites (tertiary alicyclic amines) is 1. The van der Waals surface area contributed by atoms with Gasteiger partial charge in [-0.25, -0.2) is 4.98 Å². The number of piperidine rings is 1. The maximum Gasteiger partial charge on any atom is 0.256 e. The fraction of sp³-hybridized carbons (Fsp3) is 0.600. The van der Waals surface area contributed by atoms with Crippen LogP contribution >= 0.6 is 23.2 Å². The lowest BCUT2D eigenvalue weighted by Crippen LogP contribution is -2.43. The highest BCUT2D eigenvalue weighted by Crippen LogP contribution is 2.38. The smallest absolute Gasteiger partial charge is 0.256 e. The van der Waals surface area contributed by atoms with Crippen LogP contribution in [0.4, 0.5) is 0 Å². The summed E-state index contributed by atoms with van der Waals surface area (Å²) in [6.07, 6.45) is 4.47.